The lowest BCUT2D eigenvalue weighted by Crippen LogP contribution is -2.19. The number of hydrogen-bond donors (Lipinski definition) is 1. The van der Waals surface area contributed by atoms with E-state index in [1.807, 2.05) is 0 Å². The lowest BCUT2D eigenvalue weighted by molar-refractivity contribution is -0.137. The van der Waals surface area contributed by atoms with Gasteiger partial charge >= 0.3 is 6.18 Å². The van der Waals surface area contributed by atoms with Gasteiger partial charge in [0.2, 0.25) is 5.91 Å². The molecule has 1 fully saturated rings. The number of anilines is 1. The summed E-state index contributed by atoms with van der Waals surface area (Å²) in [5.41, 5.74) is -1.49. The highest BCUT2D eigenvalue weighted by Gasteiger charge is 2.67. The van der Waals surface area contributed by atoms with E-state index in [2.05, 4.69) is 5.32 Å². The van der Waals surface area contributed by atoms with Crippen molar-refractivity contribution >= 4 is 63.8 Å². The topological polar surface area (TPSA) is 46.2 Å². The first kappa shape index (κ1) is 27.6. The number of Topliss-reactive ketones (excluding diaryl/α,β-unsaturated/α-hetero) is 1. The molecule has 0 aromatic heterocycles. The zero-order valence-electron chi connectivity index (χ0n) is 18.3. The molecule has 0 saturated heterocycles. The maximum Gasteiger partial charge on any atom is 0.417 e. The van der Waals surface area contributed by atoms with E-state index in [4.69, 9.17) is 46.4 Å². The van der Waals surface area contributed by atoms with Gasteiger partial charge in [0.1, 0.15) is 16.0 Å². The van der Waals surface area contributed by atoms with E-state index < -0.39 is 61.8 Å². The molecule has 0 aliphatic heterocycles. The average Bonchev–Trinajstić information content (AvgIpc) is 3.39. The van der Waals surface area contributed by atoms with Crippen LogP contribution in [0.5, 0.6) is 0 Å². The van der Waals surface area contributed by atoms with E-state index in [1.165, 1.54) is 24.3 Å². The Kier molecular flexibility index (Phi) is 7.51. The van der Waals surface area contributed by atoms with E-state index in [-0.39, 0.29) is 17.1 Å². The monoisotopic (exact) mass is 595 g/mol. The first-order chi connectivity index (χ1) is 17.2. The standard InChI is InChI=1S/C25H14Cl4F5NO2/c26-17-8-12(3-6-18(17)31)20-21(24(20,28)29)23(37)35-14-9-15(22(27)16(10-14)25(32,33)34)19(36)7-11-1-4-13(30)5-2-11/h1-6,8-10,20-21H,7H2,(H,35,37). The SMILES string of the molecule is O=C(Cc1ccc(F)cc1)c1cc(NC(=O)C2C(c3ccc(F)c(Cl)c3)C2(Cl)Cl)cc(C(F)(F)F)c1Cl. The molecule has 3 aromatic rings. The summed E-state index contributed by atoms with van der Waals surface area (Å²) >= 11 is 24.3. The number of amides is 1. The van der Waals surface area contributed by atoms with Crippen LogP contribution in [0.15, 0.2) is 54.6 Å². The van der Waals surface area contributed by atoms with Crippen LogP contribution in [0, 0.1) is 17.6 Å². The Morgan fingerprint density at radius 2 is 1.59 bits per heavy atom. The summed E-state index contributed by atoms with van der Waals surface area (Å²) in [6.07, 6.45) is -5.31. The van der Waals surface area contributed by atoms with E-state index >= 15 is 0 Å². The molecule has 1 aliphatic carbocycles. The summed E-state index contributed by atoms with van der Waals surface area (Å²) < 4.78 is 66.1. The lowest BCUT2D eigenvalue weighted by Gasteiger charge is -2.15. The normalized spacial score (nSPS) is 18.4. The number of carbonyl (C=O) groups excluding carboxylic acids is 2. The van der Waals surface area contributed by atoms with Crippen molar-refractivity contribution in [2.45, 2.75) is 22.8 Å². The predicted octanol–water partition coefficient (Wildman–Crippen LogP) is 8.24. The van der Waals surface area contributed by atoms with Crippen molar-refractivity contribution in [3.8, 4) is 0 Å². The third-order valence-electron chi connectivity index (χ3n) is 5.86. The van der Waals surface area contributed by atoms with Gasteiger partial charge in [-0.2, -0.15) is 13.2 Å². The van der Waals surface area contributed by atoms with Crippen LogP contribution in [0.3, 0.4) is 0 Å². The first-order valence-corrected chi connectivity index (χ1v) is 12.0. The number of halogens is 9. The number of rotatable bonds is 6. The smallest absolute Gasteiger partial charge is 0.326 e. The highest BCUT2D eigenvalue weighted by Crippen LogP contribution is 2.65. The van der Waals surface area contributed by atoms with Crippen molar-refractivity contribution in [2.24, 2.45) is 5.92 Å². The van der Waals surface area contributed by atoms with Crippen molar-refractivity contribution in [2.75, 3.05) is 5.32 Å². The molecular weight excluding hydrogens is 583 g/mol. The van der Waals surface area contributed by atoms with Gasteiger partial charge in [-0.3, -0.25) is 9.59 Å². The maximum atomic E-state index is 13.7. The summed E-state index contributed by atoms with van der Waals surface area (Å²) in [5, 5.41) is 1.26. The van der Waals surface area contributed by atoms with Crippen molar-refractivity contribution in [3.63, 3.8) is 0 Å². The van der Waals surface area contributed by atoms with Gasteiger partial charge in [-0.15, -0.1) is 23.2 Å². The van der Waals surface area contributed by atoms with Crippen molar-refractivity contribution in [1.29, 1.82) is 0 Å². The fourth-order valence-corrected chi connectivity index (χ4v) is 5.32. The van der Waals surface area contributed by atoms with Gasteiger partial charge in [-0.25, -0.2) is 8.78 Å². The molecule has 3 nitrogen and oxygen atoms in total. The fraction of sp³-hybridized carbons (Fsp3) is 0.200. The molecular formula is C25H14Cl4F5NO2. The molecule has 2 atom stereocenters. The molecule has 4 rings (SSSR count). The molecule has 2 unspecified atom stereocenters. The Morgan fingerprint density at radius 3 is 2.19 bits per heavy atom. The zero-order valence-corrected chi connectivity index (χ0v) is 21.3. The molecule has 3 aromatic carbocycles. The van der Waals surface area contributed by atoms with Crippen LogP contribution in [0.1, 0.15) is 33.0 Å². The van der Waals surface area contributed by atoms with Gasteiger partial charge in [-0.1, -0.05) is 41.4 Å². The third kappa shape index (κ3) is 5.72. The molecule has 1 saturated carbocycles. The third-order valence-corrected chi connectivity index (χ3v) is 7.50. The van der Waals surface area contributed by atoms with Crippen LogP contribution in [0.2, 0.25) is 10.0 Å². The minimum Gasteiger partial charge on any atom is -0.326 e. The fourth-order valence-electron chi connectivity index (χ4n) is 3.98. The molecule has 0 radical (unpaired) electrons. The van der Waals surface area contributed by atoms with Crippen LogP contribution in [0.4, 0.5) is 27.6 Å². The Labute approximate surface area is 227 Å². The lowest BCUT2D eigenvalue weighted by atomic mass is 9.99. The van der Waals surface area contributed by atoms with Gasteiger partial charge < -0.3 is 5.32 Å². The van der Waals surface area contributed by atoms with Crippen LogP contribution in [0.25, 0.3) is 0 Å². The minimum atomic E-state index is -4.95. The molecule has 0 bridgehead atoms. The molecule has 194 valence electrons. The maximum absolute atomic E-state index is 13.7. The quantitative estimate of drug-likeness (QED) is 0.177. The molecule has 1 amide bonds. The van der Waals surface area contributed by atoms with Crippen LogP contribution >= 0.6 is 46.4 Å². The summed E-state index contributed by atoms with van der Waals surface area (Å²) in [5.74, 6) is -4.78. The highest BCUT2D eigenvalue weighted by molar-refractivity contribution is 6.53. The Morgan fingerprint density at radius 1 is 0.946 bits per heavy atom. The number of alkyl halides is 5. The molecule has 0 heterocycles. The molecule has 1 N–H and O–H groups in total. The second-order valence-electron chi connectivity index (χ2n) is 8.40. The second-order valence-corrected chi connectivity index (χ2v) is 10.6. The van der Waals surface area contributed by atoms with Gasteiger partial charge in [0.15, 0.2) is 5.78 Å². The summed E-state index contributed by atoms with van der Waals surface area (Å²) in [7, 11) is 0. The number of benzene rings is 3. The summed E-state index contributed by atoms with van der Waals surface area (Å²) in [6, 6.07) is 10.1. The van der Waals surface area contributed by atoms with Crippen molar-refractivity contribution < 1.29 is 31.5 Å². The van der Waals surface area contributed by atoms with Crippen LogP contribution in [-0.2, 0) is 17.4 Å². The number of hydrogen-bond acceptors (Lipinski definition) is 2. The Bertz CT molecular complexity index is 1390. The van der Waals surface area contributed by atoms with Crippen molar-refractivity contribution in [1.82, 2.24) is 0 Å². The Hall–Kier alpha value is -2.39. The van der Waals surface area contributed by atoms with Crippen LogP contribution in [-0.4, -0.2) is 16.0 Å². The zero-order chi connectivity index (χ0) is 27.3. The van der Waals surface area contributed by atoms with Gasteiger partial charge in [0, 0.05) is 23.6 Å². The van der Waals surface area contributed by atoms with E-state index in [9.17, 15) is 31.5 Å². The van der Waals surface area contributed by atoms with E-state index in [0.717, 1.165) is 24.3 Å². The predicted molar refractivity (Wildman–Crippen MR) is 132 cm³/mol. The molecule has 0 spiro atoms. The van der Waals surface area contributed by atoms with Gasteiger partial charge in [-0.05, 0) is 47.5 Å². The van der Waals surface area contributed by atoms with Crippen LogP contribution < -0.4 is 5.32 Å². The van der Waals surface area contributed by atoms with Gasteiger partial charge in [0.25, 0.3) is 0 Å². The second kappa shape index (κ2) is 10.1. The minimum absolute atomic E-state index is 0.218. The average molecular weight is 597 g/mol. The summed E-state index contributed by atoms with van der Waals surface area (Å²) in [4.78, 5) is 25.8. The first-order valence-electron chi connectivity index (χ1n) is 10.5. The molecule has 1 aliphatic rings. The number of ketones is 1. The highest BCUT2D eigenvalue weighted by atomic mass is 35.5. The molecule has 12 heteroatoms. The van der Waals surface area contributed by atoms with E-state index in [0.29, 0.717) is 17.2 Å². The Balaban J connectivity index is 1.63. The molecule has 37 heavy (non-hydrogen) atoms. The number of nitrogens with one attached hydrogen (secondary N) is 1. The largest absolute Gasteiger partial charge is 0.417 e. The van der Waals surface area contributed by atoms with Gasteiger partial charge in [0.05, 0.1) is 21.5 Å². The summed E-state index contributed by atoms with van der Waals surface area (Å²) in [6.45, 7) is 0. The number of carbonyl (C=O) groups is 2. The van der Waals surface area contributed by atoms with Crippen molar-refractivity contribution in [3.05, 3.63) is 98.5 Å². The van der Waals surface area contributed by atoms with E-state index in [1.54, 1.807) is 0 Å².